The number of aldehydes is 1. The van der Waals surface area contributed by atoms with Crippen LogP contribution in [0.2, 0.25) is 0 Å². The second-order valence-corrected chi connectivity index (χ2v) is 39.9. The fraction of sp³-hybridized carbons (Fsp3) is 0.920. The van der Waals surface area contributed by atoms with Crippen molar-refractivity contribution in [2.75, 3.05) is 78.5 Å². The number of ether oxygens (including phenoxy) is 5. The number of esters is 5. The van der Waals surface area contributed by atoms with E-state index in [-0.39, 0.29) is 78.1 Å². The standard InChI is InChI=1S/C112H212N6O14/c1-11-21-71-100(66-16-6)128-105(120)76-51-39-27-33-45-57-85-116(84-56-44-32-26-38-50-62-93-119)90-63-81-113-110(125)97-94-98(111(126)114-82-64-91-117(86-58-46-34-28-40-52-77-106(121)129-101(67-17-7)72-22-12-2)87-59-47-35-29-41-53-78-107(122)130-102(68-18-8)73-23-13-3)96-99(95-97)112(127)115-83-65-92-118(88-60-48-36-30-42-54-79-108(123)131-103(69-19-9)74-24-14-4)89-61-49-37-31-43-55-80-109(124)132-104(70-20-10)75-25-15-5/h93,97-104H,11-92,94-96H2,1-10H3,(H,113,125)(H,114,126)(H,115,127). The Bertz CT molecular complexity index is 2480. The van der Waals surface area contributed by atoms with E-state index in [1.54, 1.807) is 0 Å². The van der Waals surface area contributed by atoms with Gasteiger partial charge in [-0.3, -0.25) is 38.4 Å². The highest BCUT2D eigenvalue weighted by atomic mass is 16.6. The normalized spacial score (nSPS) is 15.1. The molecular weight excluding hydrogens is 1650 g/mol. The Labute approximate surface area is 811 Å². The highest BCUT2D eigenvalue weighted by Gasteiger charge is 2.39. The van der Waals surface area contributed by atoms with Crippen LogP contribution in [-0.2, 0) is 66.8 Å². The SMILES string of the molecule is CCCCC(CCC)OC(=O)CCCCCCCCN(CCCCCCCCC=O)CCCNC(=O)C1CC(C(=O)NCCCN(CCCCCCCCC(=O)OC(CCC)CCCC)CCCCCCCCC(=O)OC(CCC)CCCC)CC(C(=O)NCCCN(CCCCCCCCC(=O)OC(CCC)CCCC)CCCCCCCCC(=O)OC(CCC)CCCC)C1. The molecule has 1 aliphatic carbocycles. The van der Waals surface area contributed by atoms with Crippen LogP contribution in [0.5, 0.6) is 0 Å². The largest absolute Gasteiger partial charge is 0.462 e. The highest BCUT2D eigenvalue weighted by Crippen LogP contribution is 2.35. The average molecular weight is 1870 g/mol. The molecule has 0 heterocycles. The van der Waals surface area contributed by atoms with Crippen LogP contribution >= 0.6 is 0 Å². The quantitative estimate of drug-likeness (QED) is 0.0222. The van der Waals surface area contributed by atoms with Gasteiger partial charge in [-0.2, -0.15) is 0 Å². The molecule has 0 bridgehead atoms. The molecule has 3 N–H and O–H groups in total. The average Bonchev–Trinajstić information content (AvgIpc) is 0.824. The summed E-state index contributed by atoms with van der Waals surface area (Å²) in [7, 11) is 0. The maximum Gasteiger partial charge on any atom is 0.306 e. The highest BCUT2D eigenvalue weighted by molar-refractivity contribution is 5.86. The van der Waals surface area contributed by atoms with Gasteiger partial charge in [0.25, 0.3) is 0 Å². The molecule has 7 unspecified atom stereocenters. The van der Waals surface area contributed by atoms with Crippen LogP contribution in [0.4, 0.5) is 0 Å². The zero-order valence-corrected chi connectivity index (χ0v) is 87.9. The van der Waals surface area contributed by atoms with Crippen molar-refractivity contribution >= 4 is 53.9 Å². The summed E-state index contributed by atoms with van der Waals surface area (Å²) >= 11 is 0. The molecule has 0 radical (unpaired) electrons. The lowest BCUT2D eigenvalue weighted by Crippen LogP contribution is -2.45. The van der Waals surface area contributed by atoms with Crippen LogP contribution in [0.1, 0.15) is 538 Å². The first-order valence-corrected chi connectivity index (χ1v) is 56.9. The minimum Gasteiger partial charge on any atom is -0.462 e. The molecule has 20 nitrogen and oxygen atoms in total. The van der Waals surface area contributed by atoms with E-state index in [1.807, 2.05) is 0 Å². The van der Waals surface area contributed by atoms with Crippen LogP contribution < -0.4 is 16.0 Å². The molecule has 20 heteroatoms. The third-order valence-corrected chi connectivity index (χ3v) is 27.2. The Balaban J connectivity index is 3.37. The maximum atomic E-state index is 14.7. The topological polar surface area (TPSA) is 246 Å². The van der Waals surface area contributed by atoms with E-state index < -0.39 is 17.8 Å². The maximum absolute atomic E-state index is 14.7. The summed E-state index contributed by atoms with van der Waals surface area (Å²) in [6.45, 7) is 31.7. The first-order valence-electron chi connectivity index (χ1n) is 56.9. The van der Waals surface area contributed by atoms with Crippen LogP contribution in [0, 0.1) is 17.8 Å². The molecule has 0 saturated heterocycles. The smallest absolute Gasteiger partial charge is 0.306 e. The van der Waals surface area contributed by atoms with Crippen LogP contribution in [-0.4, -0.2) is 178 Å². The van der Waals surface area contributed by atoms with Crippen molar-refractivity contribution in [3.8, 4) is 0 Å². The lowest BCUT2D eigenvalue weighted by atomic mass is 9.74. The predicted octanol–water partition coefficient (Wildman–Crippen LogP) is 27.5. The molecular formula is C112H212N6O14. The number of hydrogen-bond acceptors (Lipinski definition) is 17. The molecule has 0 spiro atoms. The minimum absolute atomic E-state index is 0.0442. The van der Waals surface area contributed by atoms with Gasteiger partial charge in [0.2, 0.25) is 17.7 Å². The molecule has 1 rings (SSSR count). The first kappa shape index (κ1) is 125. The van der Waals surface area contributed by atoms with Crippen molar-refractivity contribution in [3.63, 3.8) is 0 Å². The van der Waals surface area contributed by atoms with E-state index in [0.717, 1.165) is 476 Å². The second kappa shape index (κ2) is 92.7. The summed E-state index contributed by atoms with van der Waals surface area (Å²) in [5.41, 5.74) is 0. The van der Waals surface area contributed by atoms with Crippen molar-refractivity contribution < 1.29 is 66.8 Å². The molecule has 1 aliphatic rings. The summed E-state index contributed by atoms with van der Waals surface area (Å²) in [4.78, 5) is 127. The van der Waals surface area contributed by atoms with E-state index in [0.29, 0.717) is 77.4 Å². The van der Waals surface area contributed by atoms with Gasteiger partial charge >= 0.3 is 29.8 Å². The van der Waals surface area contributed by atoms with Crippen molar-refractivity contribution in [2.45, 2.75) is 568 Å². The van der Waals surface area contributed by atoms with Gasteiger partial charge < -0.3 is 59.1 Å². The summed E-state index contributed by atoms with van der Waals surface area (Å²) in [5.74, 6) is -1.92. The van der Waals surface area contributed by atoms with E-state index in [1.165, 1.54) is 0 Å². The van der Waals surface area contributed by atoms with E-state index in [9.17, 15) is 43.2 Å². The Hall–Kier alpha value is -4.69. The predicted molar refractivity (Wildman–Crippen MR) is 548 cm³/mol. The van der Waals surface area contributed by atoms with Gasteiger partial charge in [-0.05, 0) is 239 Å². The molecule has 132 heavy (non-hydrogen) atoms. The fourth-order valence-electron chi connectivity index (χ4n) is 19.1. The number of carbonyl (C=O) groups excluding carboxylic acids is 9. The Kier molecular flexibility index (Phi) is 88.0. The number of nitrogens with one attached hydrogen (secondary N) is 3. The van der Waals surface area contributed by atoms with Crippen LogP contribution in [0.15, 0.2) is 0 Å². The minimum atomic E-state index is -0.485. The van der Waals surface area contributed by atoms with Gasteiger partial charge in [0, 0.05) is 75.9 Å². The lowest BCUT2D eigenvalue weighted by Gasteiger charge is -2.33. The molecule has 0 aliphatic heterocycles. The second-order valence-electron chi connectivity index (χ2n) is 39.9. The van der Waals surface area contributed by atoms with Crippen molar-refractivity contribution in [1.82, 2.24) is 30.7 Å². The van der Waals surface area contributed by atoms with Gasteiger partial charge in [-0.25, -0.2) is 0 Å². The van der Waals surface area contributed by atoms with Gasteiger partial charge in [0.15, 0.2) is 0 Å². The van der Waals surface area contributed by atoms with Crippen LogP contribution in [0.3, 0.4) is 0 Å². The summed E-state index contributed by atoms with van der Waals surface area (Å²) < 4.78 is 29.4. The molecule has 0 aromatic rings. The third kappa shape index (κ3) is 75.3. The number of nitrogens with zero attached hydrogens (tertiary/aromatic N) is 3. The molecule has 0 aromatic heterocycles. The van der Waals surface area contributed by atoms with Crippen molar-refractivity contribution in [2.24, 2.45) is 17.8 Å². The summed E-state index contributed by atoms with van der Waals surface area (Å²) in [5, 5.41) is 10.00. The molecule has 7 atom stereocenters. The Morgan fingerprint density at radius 1 is 0.227 bits per heavy atom. The monoisotopic (exact) mass is 1870 g/mol. The van der Waals surface area contributed by atoms with Gasteiger partial charge in [0.05, 0.1) is 0 Å². The number of carbonyl (C=O) groups is 9. The molecule has 0 aromatic carbocycles. The molecule has 1 saturated carbocycles. The van der Waals surface area contributed by atoms with Crippen LogP contribution in [0.25, 0.3) is 0 Å². The number of rotatable bonds is 99. The number of amides is 3. The third-order valence-electron chi connectivity index (χ3n) is 27.2. The zero-order chi connectivity index (χ0) is 96.4. The number of unbranched alkanes of at least 4 members (excludes halogenated alkanes) is 36. The summed E-state index contributed by atoms with van der Waals surface area (Å²) in [6, 6.07) is 0. The van der Waals surface area contributed by atoms with E-state index in [4.69, 9.17) is 23.7 Å². The number of hydrogen-bond donors (Lipinski definition) is 3. The van der Waals surface area contributed by atoms with Crippen molar-refractivity contribution in [3.05, 3.63) is 0 Å². The van der Waals surface area contributed by atoms with Crippen molar-refractivity contribution in [1.29, 1.82) is 0 Å². The molecule has 3 amide bonds. The van der Waals surface area contributed by atoms with Gasteiger partial charge in [-0.1, -0.05) is 320 Å². The molecule has 774 valence electrons. The fourth-order valence-corrected chi connectivity index (χ4v) is 19.1. The Morgan fingerprint density at radius 2 is 0.402 bits per heavy atom. The van der Waals surface area contributed by atoms with Gasteiger partial charge in [0.1, 0.15) is 36.8 Å². The summed E-state index contributed by atoms with van der Waals surface area (Å²) in [6.07, 6.45) is 71.7. The lowest BCUT2D eigenvalue weighted by molar-refractivity contribution is -0.151. The first-order chi connectivity index (χ1) is 64.5. The zero-order valence-electron chi connectivity index (χ0n) is 87.9. The van der Waals surface area contributed by atoms with E-state index in [2.05, 4.69) is 99.9 Å². The Morgan fingerprint density at radius 3 is 0.583 bits per heavy atom. The van der Waals surface area contributed by atoms with E-state index >= 15 is 0 Å². The molecule has 1 fully saturated rings. The van der Waals surface area contributed by atoms with Gasteiger partial charge in [-0.15, -0.1) is 0 Å².